The van der Waals surface area contributed by atoms with Gasteiger partial charge >= 0.3 is 0 Å². The van der Waals surface area contributed by atoms with Crippen LogP contribution < -0.4 is 5.32 Å². The van der Waals surface area contributed by atoms with Crippen molar-refractivity contribution >= 4 is 0 Å². The van der Waals surface area contributed by atoms with E-state index in [-0.39, 0.29) is 11.1 Å². The van der Waals surface area contributed by atoms with Crippen LogP contribution in [-0.4, -0.2) is 39.0 Å². The Hall–Kier alpha value is -1.00. The van der Waals surface area contributed by atoms with Crippen molar-refractivity contribution in [3.63, 3.8) is 0 Å². The summed E-state index contributed by atoms with van der Waals surface area (Å²) in [4.78, 5) is 11.5. The first-order chi connectivity index (χ1) is 10.1. The highest BCUT2D eigenvalue weighted by Crippen LogP contribution is 2.31. The van der Waals surface area contributed by atoms with Crippen LogP contribution >= 0.6 is 0 Å². The minimum absolute atomic E-state index is 0.176. The van der Waals surface area contributed by atoms with Crippen LogP contribution in [-0.2, 0) is 6.54 Å². The fraction of sp³-hybridized carbons (Fsp3) is 0.778. The zero-order valence-electron chi connectivity index (χ0n) is 15.3. The highest BCUT2D eigenvalue weighted by molar-refractivity contribution is 5.06. The molecule has 124 valence electrons. The summed E-state index contributed by atoms with van der Waals surface area (Å²) in [5, 5.41) is 3.75. The third-order valence-corrected chi connectivity index (χ3v) is 4.45. The maximum Gasteiger partial charge on any atom is 0.131 e. The number of rotatable bonds is 4. The van der Waals surface area contributed by atoms with Gasteiger partial charge < -0.3 is 5.32 Å². The molecule has 1 aromatic rings. The van der Waals surface area contributed by atoms with Crippen molar-refractivity contribution in [2.75, 3.05) is 7.05 Å². The Bertz CT molecular complexity index is 492. The highest BCUT2D eigenvalue weighted by Gasteiger charge is 2.39. The average molecular weight is 304 g/mol. The molecule has 1 aromatic heterocycles. The summed E-state index contributed by atoms with van der Waals surface area (Å²) in [5.41, 5.74) is 1.47. The van der Waals surface area contributed by atoms with Crippen LogP contribution in [0.25, 0.3) is 0 Å². The predicted octanol–water partition coefficient (Wildman–Crippen LogP) is 3.34. The molecule has 2 rings (SSSR count). The van der Waals surface area contributed by atoms with Crippen LogP contribution in [0.15, 0.2) is 12.3 Å². The lowest BCUT2D eigenvalue weighted by molar-refractivity contribution is 0.0769. The SMILES string of the molecule is CC(C)c1nccc(CN(C)C2CC(C)(C)NC(C)(C)C2)n1. The second-order valence-corrected chi connectivity index (χ2v) is 8.43. The summed E-state index contributed by atoms with van der Waals surface area (Å²) >= 11 is 0. The minimum atomic E-state index is 0.176. The Morgan fingerprint density at radius 1 is 1.23 bits per heavy atom. The van der Waals surface area contributed by atoms with E-state index in [2.05, 4.69) is 63.8 Å². The van der Waals surface area contributed by atoms with Crippen LogP contribution in [0.1, 0.15) is 71.8 Å². The van der Waals surface area contributed by atoms with Crippen LogP contribution in [0.5, 0.6) is 0 Å². The molecule has 0 saturated carbocycles. The van der Waals surface area contributed by atoms with Gasteiger partial charge in [0.2, 0.25) is 0 Å². The van der Waals surface area contributed by atoms with Gasteiger partial charge in [-0.2, -0.15) is 0 Å². The van der Waals surface area contributed by atoms with Gasteiger partial charge in [-0.25, -0.2) is 9.97 Å². The van der Waals surface area contributed by atoms with E-state index in [0.29, 0.717) is 12.0 Å². The van der Waals surface area contributed by atoms with Crippen molar-refractivity contribution in [1.82, 2.24) is 20.2 Å². The third-order valence-electron chi connectivity index (χ3n) is 4.45. The Labute approximate surface area is 135 Å². The standard InChI is InChI=1S/C18H32N4/c1-13(2)16-19-9-8-14(20-16)12-22(7)15-10-17(3,4)21-18(5,6)11-15/h8-9,13,15,21H,10-12H2,1-7H3. The molecule has 2 heterocycles. The first-order valence-electron chi connectivity index (χ1n) is 8.39. The Morgan fingerprint density at radius 3 is 2.36 bits per heavy atom. The molecule has 0 aliphatic carbocycles. The predicted molar refractivity (Wildman–Crippen MR) is 91.9 cm³/mol. The van der Waals surface area contributed by atoms with Gasteiger partial charge in [0, 0.05) is 35.8 Å². The van der Waals surface area contributed by atoms with Crippen molar-refractivity contribution < 1.29 is 0 Å². The first kappa shape index (κ1) is 17.4. The number of aromatic nitrogens is 2. The van der Waals surface area contributed by atoms with Crippen molar-refractivity contribution in [3.05, 3.63) is 23.8 Å². The van der Waals surface area contributed by atoms with Crippen LogP contribution in [0.4, 0.5) is 0 Å². The molecule has 4 nitrogen and oxygen atoms in total. The zero-order valence-corrected chi connectivity index (χ0v) is 15.3. The van der Waals surface area contributed by atoms with E-state index in [1.54, 1.807) is 0 Å². The van der Waals surface area contributed by atoms with Crippen LogP contribution in [0.3, 0.4) is 0 Å². The Kier molecular flexibility index (Phi) is 4.93. The molecule has 1 fully saturated rings. The number of hydrogen-bond acceptors (Lipinski definition) is 4. The molecule has 0 atom stereocenters. The molecule has 1 aliphatic heterocycles. The van der Waals surface area contributed by atoms with E-state index in [4.69, 9.17) is 4.98 Å². The summed E-state index contributed by atoms with van der Waals surface area (Å²) in [6.07, 6.45) is 4.21. The Morgan fingerprint density at radius 2 is 1.82 bits per heavy atom. The number of hydrogen-bond donors (Lipinski definition) is 1. The summed E-state index contributed by atoms with van der Waals surface area (Å²) in [5.74, 6) is 1.32. The van der Waals surface area contributed by atoms with E-state index in [9.17, 15) is 0 Å². The second kappa shape index (κ2) is 6.25. The van der Waals surface area contributed by atoms with E-state index in [1.807, 2.05) is 12.3 Å². The highest BCUT2D eigenvalue weighted by atomic mass is 15.2. The normalized spacial score (nSPS) is 21.5. The molecule has 1 saturated heterocycles. The van der Waals surface area contributed by atoms with Crippen molar-refractivity contribution in [2.45, 2.75) is 84.0 Å². The van der Waals surface area contributed by atoms with E-state index < -0.39 is 0 Å². The topological polar surface area (TPSA) is 41.1 Å². The van der Waals surface area contributed by atoms with Gasteiger partial charge in [0.15, 0.2) is 0 Å². The van der Waals surface area contributed by atoms with Gasteiger partial charge in [-0.3, -0.25) is 4.90 Å². The lowest BCUT2D eigenvalue weighted by atomic mass is 9.79. The molecule has 0 aromatic carbocycles. The largest absolute Gasteiger partial charge is 0.307 e. The fourth-order valence-corrected chi connectivity index (χ4v) is 3.74. The van der Waals surface area contributed by atoms with Gasteiger partial charge in [-0.15, -0.1) is 0 Å². The molecule has 0 unspecified atom stereocenters. The van der Waals surface area contributed by atoms with Gasteiger partial charge in [0.1, 0.15) is 5.82 Å². The first-order valence-corrected chi connectivity index (χ1v) is 8.39. The van der Waals surface area contributed by atoms with Gasteiger partial charge in [0.05, 0.1) is 5.69 Å². The summed E-state index contributed by atoms with van der Waals surface area (Å²) in [7, 11) is 2.22. The number of piperidine rings is 1. The van der Waals surface area contributed by atoms with Gasteiger partial charge in [-0.05, 0) is 53.7 Å². The minimum Gasteiger partial charge on any atom is -0.307 e. The molecule has 0 amide bonds. The quantitative estimate of drug-likeness (QED) is 0.926. The summed E-state index contributed by atoms with van der Waals surface area (Å²) in [6.45, 7) is 14.4. The maximum atomic E-state index is 4.71. The molecular formula is C18H32N4. The van der Waals surface area contributed by atoms with Gasteiger partial charge in [-0.1, -0.05) is 13.8 Å². The van der Waals surface area contributed by atoms with Crippen molar-refractivity contribution in [2.24, 2.45) is 0 Å². The lowest BCUT2D eigenvalue weighted by Gasteiger charge is -2.49. The van der Waals surface area contributed by atoms with Crippen molar-refractivity contribution in [1.29, 1.82) is 0 Å². The van der Waals surface area contributed by atoms with Crippen LogP contribution in [0.2, 0.25) is 0 Å². The second-order valence-electron chi connectivity index (χ2n) is 8.43. The van der Waals surface area contributed by atoms with Crippen molar-refractivity contribution in [3.8, 4) is 0 Å². The van der Waals surface area contributed by atoms with E-state index >= 15 is 0 Å². The third kappa shape index (κ3) is 4.50. The molecule has 4 heteroatoms. The molecule has 0 bridgehead atoms. The Balaban J connectivity index is 2.08. The lowest BCUT2D eigenvalue weighted by Crippen LogP contribution is -2.61. The maximum absolute atomic E-state index is 4.71. The fourth-order valence-electron chi connectivity index (χ4n) is 3.74. The summed E-state index contributed by atoms with van der Waals surface area (Å²) in [6, 6.07) is 2.61. The number of nitrogens with zero attached hydrogens (tertiary/aromatic N) is 3. The zero-order chi connectivity index (χ0) is 16.5. The van der Waals surface area contributed by atoms with E-state index in [1.165, 1.54) is 0 Å². The molecule has 22 heavy (non-hydrogen) atoms. The number of nitrogens with one attached hydrogen (secondary N) is 1. The molecular weight excluding hydrogens is 272 g/mol. The van der Waals surface area contributed by atoms with Crippen LogP contribution in [0, 0.1) is 0 Å². The molecule has 0 spiro atoms. The smallest absolute Gasteiger partial charge is 0.131 e. The monoisotopic (exact) mass is 304 g/mol. The summed E-state index contributed by atoms with van der Waals surface area (Å²) < 4.78 is 0. The molecule has 1 aliphatic rings. The van der Waals surface area contributed by atoms with Gasteiger partial charge in [0.25, 0.3) is 0 Å². The molecule has 0 radical (unpaired) electrons. The average Bonchev–Trinajstić information content (AvgIpc) is 2.35. The molecule has 1 N–H and O–H groups in total. The van der Waals surface area contributed by atoms with E-state index in [0.717, 1.165) is 30.9 Å².